The second-order valence-corrected chi connectivity index (χ2v) is 8.43. The summed E-state index contributed by atoms with van der Waals surface area (Å²) in [5.74, 6) is 1.83. The molecule has 6 heteroatoms. The molecule has 6 bridgehead atoms. The molecule has 0 radical (unpaired) electrons. The number of aromatic nitrogens is 2. The van der Waals surface area contributed by atoms with Gasteiger partial charge in [0.2, 0.25) is 5.95 Å². The summed E-state index contributed by atoms with van der Waals surface area (Å²) in [7, 11) is 3.92. The van der Waals surface area contributed by atoms with Crippen molar-refractivity contribution in [3.8, 4) is 0 Å². The Kier molecular flexibility index (Phi) is 7.33. The van der Waals surface area contributed by atoms with Crippen LogP contribution in [-0.4, -0.2) is 55.2 Å². The van der Waals surface area contributed by atoms with Gasteiger partial charge in [-0.1, -0.05) is 29.9 Å². The molecule has 1 aromatic heterocycles. The maximum atomic E-state index is 5.61. The monoisotopic (exact) mass is 421 g/mol. The maximum Gasteiger partial charge on any atom is 0.227 e. The quantitative estimate of drug-likeness (QED) is 0.664. The van der Waals surface area contributed by atoms with Crippen molar-refractivity contribution in [3.63, 3.8) is 0 Å². The standard InChI is InChI=1S/C25H33N5O.H2/c1-30-14-6-5-12-26-17-21-16-20(9-10-24(21)31-2)23-11-13-27-25(29-23)28-22-8-4-3-7-19(15-22)18-30;/h5-6,8-11,13,15,20,26H,3-4,7,12,14,16-18H2,1-2H3,(H,27,28,29);1H/b6-5+;. The number of nitrogens with one attached hydrogen (secondary N) is 2. The van der Waals surface area contributed by atoms with Crippen molar-refractivity contribution < 1.29 is 6.16 Å². The molecular weight excluding hydrogens is 386 g/mol. The summed E-state index contributed by atoms with van der Waals surface area (Å²) in [5.41, 5.74) is 4.84. The van der Waals surface area contributed by atoms with E-state index in [1.807, 2.05) is 12.3 Å². The van der Waals surface area contributed by atoms with E-state index in [9.17, 15) is 0 Å². The van der Waals surface area contributed by atoms with Crippen molar-refractivity contribution in [2.75, 3.05) is 45.7 Å². The molecule has 6 nitrogen and oxygen atoms in total. The molecule has 0 aromatic carbocycles. The fourth-order valence-corrected chi connectivity index (χ4v) is 4.30. The first-order chi connectivity index (χ1) is 15.2. The number of rotatable bonds is 1. The van der Waals surface area contributed by atoms with E-state index in [0.717, 1.165) is 62.6 Å². The number of anilines is 1. The highest BCUT2D eigenvalue weighted by Crippen LogP contribution is 2.31. The molecule has 1 aliphatic heterocycles. The fraction of sp³-hybridized carbons (Fsp3) is 0.440. The van der Waals surface area contributed by atoms with Gasteiger partial charge in [0.1, 0.15) is 5.76 Å². The first-order valence-electron chi connectivity index (χ1n) is 11.2. The van der Waals surface area contributed by atoms with Crippen LogP contribution in [0.25, 0.3) is 0 Å². The van der Waals surface area contributed by atoms with Crippen molar-refractivity contribution in [2.45, 2.75) is 31.6 Å². The van der Waals surface area contributed by atoms with Crippen LogP contribution in [-0.2, 0) is 4.74 Å². The largest absolute Gasteiger partial charge is 0.497 e. The van der Waals surface area contributed by atoms with Gasteiger partial charge in [-0.05, 0) is 56.5 Å². The predicted molar refractivity (Wildman–Crippen MR) is 128 cm³/mol. The van der Waals surface area contributed by atoms with Gasteiger partial charge in [-0.2, -0.15) is 0 Å². The second kappa shape index (κ2) is 10.6. The second-order valence-electron chi connectivity index (χ2n) is 8.43. The molecule has 1 unspecified atom stereocenters. The lowest BCUT2D eigenvalue weighted by Crippen LogP contribution is -2.23. The highest BCUT2D eigenvalue weighted by atomic mass is 16.5. The summed E-state index contributed by atoms with van der Waals surface area (Å²) in [6.07, 6.45) is 19.4. The molecule has 166 valence electrons. The molecule has 0 amide bonds. The smallest absolute Gasteiger partial charge is 0.227 e. The number of methoxy groups -OCH3 is 1. The lowest BCUT2D eigenvalue weighted by Gasteiger charge is -2.22. The summed E-state index contributed by atoms with van der Waals surface area (Å²) in [6, 6.07) is 2.02. The SMILES string of the molecule is COC1=C2CNC/C=C/CN(C)CC3=CC(=CCCC3)Nc3nccc(n3)C(C=C1)C2.[HH]. The zero-order chi connectivity index (χ0) is 21.5. The predicted octanol–water partition coefficient (Wildman–Crippen LogP) is 4.16. The van der Waals surface area contributed by atoms with E-state index in [-0.39, 0.29) is 7.34 Å². The van der Waals surface area contributed by atoms with Crippen LogP contribution >= 0.6 is 0 Å². The Hall–Kier alpha value is -2.70. The van der Waals surface area contributed by atoms with E-state index < -0.39 is 0 Å². The van der Waals surface area contributed by atoms with Crippen molar-refractivity contribution >= 4 is 5.95 Å². The molecule has 0 fully saturated rings. The van der Waals surface area contributed by atoms with Gasteiger partial charge in [-0.15, -0.1) is 0 Å². The molecule has 31 heavy (non-hydrogen) atoms. The number of nitrogens with zero attached hydrogens (tertiary/aromatic N) is 3. The van der Waals surface area contributed by atoms with Gasteiger partial charge < -0.3 is 15.4 Å². The summed E-state index contributed by atoms with van der Waals surface area (Å²) >= 11 is 0. The van der Waals surface area contributed by atoms with Crippen molar-refractivity contribution in [3.05, 3.63) is 77.0 Å². The Labute approximate surface area is 187 Å². The van der Waals surface area contributed by atoms with Crippen LogP contribution < -0.4 is 10.6 Å². The Balaban J connectivity index is 0.00000289. The maximum absolute atomic E-state index is 5.61. The summed E-state index contributed by atoms with van der Waals surface area (Å²) in [4.78, 5) is 11.7. The molecule has 2 N–H and O–H groups in total. The molecule has 0 saturated heterocycles. The molecular formula is C25H35N5O. The third kappa shape index (κ3) is 5.93. The Morgan fingerprint density at radius 3 is 3.13 bits per heavy atom. The minimum absolute atomic E-state index is 0. The van der Waals surface area contributed by atoms with Crippen molar-refractivity contribution in [1.82, 2.24) is 20.2 Å². The van der Waals surface area contributed by atoms with Gasteiger partial charge in [-0.3, -0.25) is 4.90 Å². The summed E-state index contributed by atoms with van der Waals surface area (Å²) in [5, 5.41) is 6.99. The normalized spacial score (nSPS) is 24.1. The van der Waals surface area contributed by atoms with Gasteiger partial charge >= 0.3 is 0 Å². The van der Waals surface area contributed by atoms with Gasteiger partial charge in [0, 0.05) is 45.4 Å². The van der Waals surface area contributed by atoms with Crippen LogP contribution in [0.2, 0.25) is 0 Å². The number of fused-ring (bicyclic) bond motifs is 6. The molecule has 1 aromatic rings. The van der Waals surface area contributed by atoms with Gasteiger partial charge in [-0.25, -0.2) is 9.97 Å². The summed E-state index contributed by atoms with van der Waals surface area (Å²) < 4.78 is 5.61. The number of hydrogen-bond donors (Lipinski definition) is 2. The number of ether oxygens (including phenoxy) is 1. The average molecular weight is 422 g/mol. The van der Waals surface area contributed by atoms with Crippen LogP contribution in [0.3, 0.4) is 0 Å². The van der Waals surface area contributed by atoms with Crippen LogP contribution in [0.1, 0.15) is 38.7 Å². The molecule has 0 saturated carbocycles. The Morgan fingerprint density at radius 2 is 2.23 bits per heavy atom. The zero-order valence-corrected chi connectivity index (χ0v) is 18.6. The molecule has 2 aliphatic carbocycles. The summed E-state index contributed by atoms with van der Waals surface area (Å²) in [6.45, 7) is 3.56. The van der Waals surface area contributed by atoms with Crippen molar-refractivity contribution in [1.29, 1.82) is 0 Å². The number of allylic oxidation sites excluding steroid dienone is 4. The average Bonchev–Trinajstić information content (AvgIpc) is 3.00. The van der Waals surface area contributed by atoms with E-state index in [2.05, 4.69) is 64.0 Å². The van der Waals surface area contributed by atoms with Crippen LogP contribution in [0.15, 0.2) is 71.3 Å². The highest BCUT2D eigenvalue weighted by molar-refractivity contribution is 5.43. The molecule has 1 atom stereocenters. The van der Waals surface area contributed by atoms with E-state index in [0.29, 0.717) is 5.95 Å². The molecule has 3 aliphatic rings. The van der Waals surface area contributed by atoms with Crippen LogP contribution in [0.4, 0.5) is 5.95 Å². The van der Waals surface area contributed by atoms with Gasteiger partial charge in [0.05, 0.1) is 12.8 Å². The first kappa shape index (κ1) is 21.5. The molecule has 2 heterocycles. The topological polar surface area (TPSA) is 62.3 Å². The lowest BCUT2D eigenvalue weighted by atomic mass is 9.90. The third-order valence-corrected chi connectivity index (χ3v) is 5.91. The number of hydrogen-bond acceptors (Lipinski definition) is 6. The lowest BCUT2D eigenvalue weighted by molar-refractivity contribution is 0.296. The third-order valence-electron chi connectivity index (χ3n) is 5.91. The van der Waals surface area contributed by atoms with E-state index in [4.69, 9.17) is 9.72 Å². The molecule has 4 rings (SSSR count). The van der Waals surface area contributed by atoms with Crippen molar-refractivity contribution in [2.24, 2.45) is 0 Å². The first-order valence-corrected chi connectivity index (χ1v) is 11.2. The fourth-order valence-electron chi connectivity index (χ4n) is 4.30. The van der Waals surface area contributed by atoms with Crippen LogP contribution in [0, 0.1) is 0 Å². The zero-order valence-electron chi connectivity index (χ0n) is 18.6. The highest BCUT2D eigenvalue weighted by Gasteiger charge is 2.20. The number of likely N-dealkylation sites (N-methyl/N-ethyl adjacent to an activating group) is 1. The Bertz CT molecular complexity index is 934. The van der Waals surface area contributed by atoms with Crippen LogP contribution in [0.5, 0.6) is 0 Å². The van der Waals surface area contributed by atoms with Gasteiger partial charge in [0.15, 0.2) is 0 Å². The van der Waals surface area contributed by atoms with E-state index >= 15 is 0 Å². The minimum atomic E-state index is 0. The Morgan fingerprint density at radius 1 is 1.29 bits per heavy atom. The van der Waals surface area contributed by atoms with E-state index in [1.165, 1.54) is 17.6 Å². The minimum Gasteiger partial charge on any atom is -0.497 e. The molecule has 0 spiro atoms. The van der Waals surface area contributed by atoms with E-state index in [1.54, 1.807) is 7.11 Å². The van der Waals surface area contributed by atoms with Gasteiger partial charge in [0.25, 0.3) is 0 Å².